The van der Waals surface area contributed by atoms with Crippen molar-refractivity contribution >= 4 is 22.6 Å². The molecule has 23 heavy (non-hydrogen) atoms. The van der Waals surface area contributed by atoms with E-state index in [9.17, 15) is 5.26 Å². The summed E-state index contributed by atoms with van der Waals surface area (Å²) in [4.78, 5) is 0.380. The molecule has 0 bridgehead atoms. The molecular weight excluding hydrogens is 312 g/mol. The summed E-state index contributed by atoms with van der Waals surface area (Å²) in [6.07, 6.45) is 0.828. The highest BCUT2D eigenvalue weighted by Crippen LogP contribution is 2.37. The fourth-order valence-electron chi connectivity index (χ4n) is 2.44. The molecule has 4 N–H and O–H groups in total. The summed E-state index contributed by atoms with van der Waals surface area (Å²) < 4.78 is 11.3. The number of nitriles is 1. The third-order valence-corrected chi connectivity index (χ3v) is 3.99. The fraction of sp³-hybridized carbons (Fsp3) is 0.375. The number of hydrogen-bond acceptors (Lipinski definition) is 6. The van der Waals surface area contributed by atoms with E-state index >= 15 is 0 Å². The first-order chi connectivity index (χ1) is 11.1. The molecule has 0 radical (unpaired) electrons. The Hall–Kier alpha value is -2.33. The van der Waals surface area contributed by atoms with Crippen LogP contribution < -0.4 is 20.5 Å². The normalized spacial score (nSPS) is 15.0. The zero-order valence-corrected chi connectivity index (χ0v) is 14.0. The van der Waals surface area contributed by atoms with E-state index in [-0.39, 0.29) is 5.17 Å². The van der Waals surface area contributed by atoms with E-state index < -0.39 is 0 Å². The molecule has 1 aromatic carbocycles. The molecular formula is C16H20N4O2S. The number of allylic oxidation sites excluding steroid dienone is 1. The van der Waals surface area contributed by atoms with Gasteiger partial charge >= 0.3 is 0 Å². The fourth-order valence-corrected chi connectivity index (χ4v) is 2.99. The minimum absolute atomic E-state index is 0.112. The predicted molar refractivity (Wildman–Crippen MR) is 92.5 cm³/mol. The first kappa shape index (κ1) is 17.0. The van der Waals surface area contributed by atoms with Gasteiger partial charge in [-0.1, -0.05) is 0 Å². The molecule has 1 aliphatic heterocycles. The Morgan fingerprint density at radius 1 is 1.35 bits per heavy atom. The molecule has 6 nitrogen and oxygen atoms in total. The van der Waals surface area contributed by atoms with Crippen molar-refractivity contribution in [3.8, 4) is 17.6 Å². The smallest absolute Gasteiger partial charge is 0.161 e. The topological polar surface area (TPSA) is 104 Å². The standard InChI is InChI=1S/C16H20N4O2S/c1-3-21-12-7-10-5-6-20-15(14(9-17)23-16(18)19)11(10)8-13(12)22-4-2/h7-8,20H,3-6H2,1-2H3,(H3,18,19)/b15-14+. The SMILES string of the molecule is CCOc1cc2c(cc1OCC)/C(=C(/C#N)SC(=N)N)NCC2. The zero-order chi connectivity index (χ0) is 16.8. The molecule has 0 fully saturated rings. The Morgan fingerprint density at radius 3 is 2.57 bits per heavy atom. The third kappa shape index (κ3) is 3.90. The molecule has 1 aromatic rings. The van der Waals surface area contributed by atoms with Gasteiger partial charge in [0.15, 0.2) is 16.7 Å². The highest BCUT2D eigenvalue weighted by atomic mass is 32.2. The van der Waals surface area contributed by atoms with Gasteiger partial charge in [-0.05, 0) is 49.7 Å². The van der Waals surface area contributed by atoms with Gasteiger partial charge in [-0.15, -0.1) is 0 Å². The lowest BCUT2D eigenvalue weighted by Crippen LogP contribution is -2.24. The van der Waals surface area contributed by atoms with Crippen LogP contribution in [0.2, 0.25) is 0 Å². The molecule has 0 unspecified atom stereocenters. The molecule has 2 rings (SSSR count). The maximum atomic E-state index is 9.39. The average molecular weight is 332 g/mol. The number of ether oxygens (including phenoxy) is 2. The molecule has 0 aromatic heterocycles. The van der Waals surface area contributed by atoms with Crippen LogP contribution in [0.4, 0.5) is 0 Å². The van der Waals surface area contributed by atoms with Crippen molar-refractivity contribution in [2.24, 2.45) is 5.73 Å². The van der Waals surface area contributed by atoms with Crippen LogP contribution in [0.3, 0.4) is 0 Å². The van der Waals surface area contributed by atoms with Crippen LogP contribution in [-0.2, 0) is 6.42 Å². The van der Waals surface area contributed by atoms with Gasteiger partial charge in [0.05, 0.1) is 18.9 Å². The van der Waals surface area contributed by atoms with Gasteiger partial charge < -0.3 is 20.5 Å². The second-order valence-corrected chi connectivity index (χ2v) is 5.83. The Kier molecular flexibility index (Phi) is 5.77. The van der Waals surface area contributed by atoms with Gasteiger partial charge in [-0.3, -0.25) is 5.41 Å². The number of hydrogen-bond donors (Lipinski definition) is 3. The molecule has 7 heteroatoms. The second-order valence-electron chi connectivity index (χ2n) is 4.78. The molecule has 122 valence electrons. The maximum absolute atomic E-state index is 9.39. The van der Waals surface area contributed by atoms with E-state index in [0.29, 0.717) is 41.9 Å². The minimum Gasteiger partial charge on any atom is -0.490 e. The lowest BCUT2D eigenvalue weighted by atomic mass is 9.97. The summed E-state index contributed by atoms with van der Waals surface area (Å²) in [6, 6.07) is 5.98. The Morgan fingerprint density at radius 2 is 2.00 bits per heavy atom. The van der Waals surface area contributed by atoms with Gasteiger partial charge in [0, 0.05) is 12.1 Å². The summed E-state index contributed by atoms with van der Waals surface area (Å²) in [5, 5.41) is 19.9. The number of nitrogens with two attached hydrogens (primary N) is 1. The van der Waals surface area contributed by atoms with Crippen LogP contribution in [0.15, 0.2) is 17.0 Å². The van der Waals surface area contributed by atoms with E-state index in [1.807, 2.05) is 26.0 Å². The highest BCUT2D eigenvalue weighted by molar-refractivity contribution is 8.17. The number of benzene rings is 1. The van der Waals surface area contributed by atoms with Crippen molar-refractivity contribution in [3.63, 3.8) is 0 Å². The van der Waals surface area contributed by atoms with Crippen LogP contribution in [0.5, 0.6) is 11.5 Å². The van der Waals surface area contributed by atoms with E-state index in [2.05, 4.69) is 11.4 Å². The Balaban J connectivity index is 2.56. The van der Waals surface area contributed by atoms with E-state index in [1.54, 1.807) is 0 Å². The molecule has 0 aliphatic carbocycles. The van der Waals surface area contributed by atoms with Gasteiger partial charge in [0.25, 0.3) is 0 Å². The van der Waals surface area contributed by atoms with Crippen molar-refractivity contribution in [3.05, 3.63) is 28.2 Å². The zero-order valence-electron chi connectivity index (χ0n) is 13.2. The second kappa shape index (κ2) is 7.79. The maximum Gasteiger partial charge on any atom is 0.161 e. The number of amidine groups is 1. The molecule has 1 heterocycles. The summed E-state index contributed by atoms with van der Waals surface area (Å²) in [5.41, 5.74) is 8.10. The predicted octanol–water partition coefficient (Wildman–Crippen LogP) is 2.45. The molecule has 0 saturated heterocycles. The van der Waals surface area contributed by atoms with Crippen LogP contribution in [0.25, 0.3) is 5.70 Å². The quantitative estimate of drug-likeness (QED) is 0.435. The van der Waals surface area contributed by atoms with Crippen molar-refractivity contribution in [2.45, 2.75) is 20.3 Å². The Labute approximate surface area is 140 Å². The van der Waals surface area contributed by atoms with Crippen molar-refractivity contribution in [1.29, 1.82) is 10.7 Å². The molecule has 0 atom stereocenters. The number of nitrogens with one attached hydrogen (secondary N) is 2. The van der Waals surface area contributed by atoms with Crippen molar-refractivity contribution in [2.75, 3.05) is 19.8 Å². The summed E-state index contributed by atoms with van der Waals surface area (Å²) in [7, 11) is 0. The number of thioether (sulfide) groups is 1. The van der Waals surface area contributed by atoms with Crippen LogP contribution in [0, 0.1) is 16.7 Å². The van der Waals surface area contributed by atoms with Gasteiger partial charge in [0.2, 0.25) is 0 Å². The van der Waals surface area contributed by atoms with E-state index in [4.69, 9.17) is 20.6 Å². The van der Waals surface area contributed by atoms with Crippen LogP contribution in [-0.4, -0.2) is 24.9 Å². The van der Waals surface area contributed by atoms with Crippen molar-refractivity contribution in [1.82, 2.24) is 5.32 Å². The van der Waals surface area contributed by atoms with Gasteiger partial charge in [-0.2, -0.15) is 5.26 Å². The summed E-state index contributed by atoms with van der Waals surface area (Å²) >= 11 is 0.948. The van der Waals surface area contributed by atoms with Crippen molar-refractivity contribution < 1.29 is 9.47 Å². The van der Waals surface area contributed by atoms with Gasteiger partial charge in [-0.25, -0.2) is 0 Å². The summed E-state index contributed by atoms with van der Waals surface area (Å²) in [6.45, 7) is 5.64. The van der Waals surface area contributed by atoms with Crippen LogP contribution in [0.1, 0.15) is 25.0 Å². The molecule has 0 saturated carbocycles. The monoisotopic (exact) mass is 332 g/mol. The lowest BCUT2D eigenvalue weighted by molar-refractivity contribution is 0.287. The first-order valence-corrected chi connectivity index (χ1v) is 8.25. The summed E-state index contributed by atoms with van der Waals surface area (Å²) in [5.74, 6) is 1.37. The highest BCUT2D eigenvalue weighted by Gasteiger charge is 2.22. The van der Waals surface area contributed by atoms with Gasteiger partial charge in [0.1, 0.15) is 11.0 Å². The molecule has 1 aliphatic rings. The minimum atomic E-state index is -0.112. The lowest BCUT2D eigenvalue weighted by Gasteiger charge is -2.24. The molecule has 0 spiro atoms. The number of rotatable bonds is 5. The van der Waals surface area contributed by atoms with E-state index in [0.717, 1.165) is 29.3 Å². The largest absolute Gasteiger partial charge is 0.490 e. The third-order valence-electron chi connectivity index (χ3n) is 3.28. The number of nitrogens with zero attached hydrogens (tertiary/aromatic N) is 1. The number of fused-ring (bicyclic) bond motifs is 1. The van der Waals surface area contributed by atoms with E-state index in [1.165, 1.54) is 0 Å². The Bertz CT molecular complexity index is 679. The first-order valence-electron chi connectivity index (χ1n) is 7.43. The van der Waals surface area contributed by atoms with Crippen LogP contribution >= 0.6 is 11.8 Å². The average Bonchev–Trinajstić information content (AvgIpc) is 2.53. The molecule has 0 amide bonds.